The van der Waals surface area contributed by atoms with Crippen LogP contribution in [0.2, 0.25) is 0 Å². The maximum absolute atomic E-state index is 11.7. The van der Waals surface area contributed by atoms with Crippen molar-refractivity contribution in [2.24, 2.45) is 23.0 Å². The monoisotopic (exact) mass is 444 g/mol. The molecule has 0 spiro atoms. The molecule has 6 heteroatoms. The molecule has 1 unspecified atom stereocenters. The van der Waals surface area contributed by atoms with Crippen molar-refractivity contribution < 1.29 is 4.79 Å². The van der Waals surface area contributed by atoms with E-state index in [1.165, 1.54) is 5.57 Å². The Balaban J connectivity index is 1.61. The first kappa shape index (κ1) is 24.0. The van der Waals surface area contributed by atoms with Crippen molar-refractivity contribution >= 4 is 17.5 Å². The van der Waals surface area contributed by atoms with E-state index >= 15 is 0 Å². The number of nitrogens with two attached hydrogens (primary N) is 1. The van der Waals surface area contributed by atoms with E-state index in [1.54, 1.807) is 6.20 Å². The van der Waals surface area contributed by atoms with E-state index in [2.05, 4.69) is 61.1 Å². The number of nitrogens with one attached hydrogen (secondary N) is 1. The zero-order valence-electron chi connectivity index (χ0n) is 19.3. The van der Waals surface area contributed by atoms with Gasteiger partial charge in [0.2, 0.25) is 0 Å². The van der Waals surface area contributed by atoms with Crippen LogP contribution in [0.3, 0.4) is 0 Å². The Labute approximate surface area is 192 Å². The molecule has 0 saturated carbocycles. The van der Waals surface area contributed by atoms with Gasteiger partial charge in [-0.3, -0.25) is 9.78 Å². The maximum Gasteiger partial charge on any atom is 0.267 e. The number of hydrogen-bond donors (Lipinski definition) is 2. The predicted molar refractivity (Wildman–Crippen MR) is 128 cm³/mol. The lowest BCUT2D eigenvalue weighted by molar-refractivity contribution is 0.0630. The Morgan fingerprint density at radius 2 is 2.19 bits per heavy atom. The normalized spacial score (nSPS) is 24.8. The fourth-order valence-corrected chi connectivity index (χ4v) is 5.11. The summed E-state index contributed by atoms with van der Waals surface area (Å²) in [7, 11) is 0. The van der Waals surface area contributed by atoms with Gasteiger partial charge >= 0.3 is 0 Å². The highest BCUT2D eigenvalue weighted by molar-refractivity contribution is 6.22. The molecule has 1 aromatic rings. The molecule has 2 aliphatic rings. The molecule has 3 rings (SSSR count). The average molecular weight is 445 g/mol. The number of nitrogens with zero attached hydrogens (tertiary/aromatic N) is 2. The van der Waals surface area contributed by atoms with Crippen LogP contribution in [0.15, 0.2) is 42.1 Å². The highest BCUT2D eigenvalue weighted by Gasteiger charge is 2.38. The summed E-state index contributed by atoms with van der Waals surface area (Å²) in [6, 6.07) is 4.09. The van der Waals surface area contributed by atoms with E-state index in [0.717, 1.165) is 38.0 Å². The van der Waals surface area contributed by atoms with E-state index in [-0.39, 0.29) is 10.8 Å². The Bertz CT molecular complexity index is 833. The Kier molecular flexibility index (Phi) is 7.95. The molecule has 170 valence electrons. The summed E-state index contributed by atoms with van der Waals surface area (Å²) in [5, 5.41) is 3.80. The molecule has 1 amide bonds. The smallest absolute Gasteiger partial charge is 0.267 e. The van der Waals surface area contributed by atoms with Gasteiger partial charge < -0.3 is 16.0 Å². The van der Waals surface area contributed by atoms with Crippen molar-refractivity contribution in [2.45, 2.75) is 58.5 Å². The molecule has 3 atom stereocenters. The number of alkyl halides is 1. The van der Waals surface area contributed by atoms with Gasteiger partial charge in [0.05, 0.1) is 5.38 Å². The van der Waals surface area contributed by atoms with E-state index < -0.39 is 5.91 Å². The van der Waals surface area contributed by atoms with Crippen LogP contribution in [0.25, 0.3) is 0 Å². The SMILES string of the molecule is CC(C)[C@H](CN1CC[C@H](C2=CCC(Cl)C=C2)C(C)(C)C1)NCc1cccnc1C(N)=O. The summed E-state index contributed by atoms with van der Waals surface area (Å²) >= 11 is 6.23. The number of allylic oxidation sites excluding steroid dienone is 4. The molecule has 0 radical (unpaired) electrons. The molecular formula is C25H37ClN4O. The quantitative estimate of drug-likeness (QED) is 0.591. The number of piperidine rings is 1. The van der Waals surface area contributed by atoms with Crippen molar-refractivity contribution in [1.82, 2.24) is 15.2 Å². The van der Waals surface area contributed by atoms with Gasteiger partial charge in [-0.1, -0.05) is 52.0 Å². The van der Waals surface area contributed by atoms with Crippen LogP contribution >= 0.6 is 11.6 Å². The van der Waals surface area contributed by atoms with Crippen molar-refractivity contribution in [3.63, 3.8) is 0 Å². The van der Waals surface area contributed by atoms with E-state index in [1.807, 2.05) is 12.1 Å². The van der Waals surface area contributed by atoms with Gasteiger partial charge in [-0.05, 0) is 53.8 Å². The first-order valence-electron chi connectivity index (χ1n) is 11.4. The molecule has 1 aliphatic heterocycles. The molecule has 0 bridgehead atoms. The fourth-order valence-electron chi connectivity index (χ4n) is 4.94. The van der Waals surface area contributed by atoms with Crippen LogP contribution < -0.4 is 11.1 Å². The van der Waals surface area contributed by atoms with Crippen LogP contribution in [0.4, 0.5) is 0 Å². The largest absolute Gasteiger partial charge is 0.364 e. The number of halogens is 1. The summed E-state index contributed by atoms with van der Waals surface area (Å²) in [4.78, 5) is 18.4. The first-order chi connectivity index (χ1) is 14.7. The highest BCUT2D eigenvalue weighted by Crippen LogP contribution is 2.41. The minimum atomic E-state index is -0.478. The van der Waals surface area contributed by atoms with Crippen LogP contribution in [0.1, 0.15) is 56.6 Å². The van der Waals surface area contributed by atoms with Crippen molar-refractivity contribution in [3.8, 4) is 0 Å². The second-order valence-corrected chi connectivity index (χ2v) is 10.5. The van der Waals surface area contributed by atoms with Crippen LogP contribution in [0.5, 0.6) is 0 Å². The molecule has 1 aliphatic carbocycles. The van der Waals surface area contributed by atoms with Crippen LogP contribution in [0, 0.1) is 17.3 Å². The molecule has 3 N–H and O–H groups in total. The number of amides is 1. The number of rotatable bonds is 8. The summed E-state index contributed by atoms with van der Waals surface area (Å²) in [6.07, 6.45) is 10.4. The van der Waals surface area contributed by atoms with E-state index in [0.29, 0.717) is 30.1 Å². The highest BCUT2D eigenvalue weighted by atomic mass is 35.5. The summed E-state index contributed by atoms with van der Waals surface area (Å²) < 4.78 is 0. The molecule has 2 heterocycles. The minimum absolute atomic E-state index is 0.139. The lowest BCUT2D eigenvalue weighted by Crippen LogP contribution is -2.51. The first-order valence-corrected chi connectivity index (χ1v) is 11.8. The van der Waals surface area contributed by atoms with Gasteiger partial charge in [-0.25, -0.2) is 0 Å². The van der Waals surface area contributed by atoms with Crippen molar-refractivity contribution in [1.29, 1.82) is 0 Å². The van der Waals surface area contributed by atoms with Gasteiger partial charge in [-0.2, -0.15) is 0 Å². The number of hydrogen-bond acceptors (Lipinski definition) is 4. The average Bonchev–Trinajstić information content (AvgIpc) is 2.71. The standard InChI is InChI=1S/C25H37ClN4O/c1-17(2)22(29-14-19-6-5-12-28-23(19)24(27)31)15-30-13-11-21(25(3,4)16-30)18-7-9-20(26)10-8-18/h5-9,12,17,20-22,29H,10-11,13-16H2,1-4H3,(H2,27,31)/t20?,21-,22+/m1/s1. The zero-order valence-corrected chi connectivity index (χ0v) is 20.0. The molecule has 0 aromatic carbocycles. The molecule has 1 aromatic heterocycles. The van der Waals surface area contributed by atoms with Crippen molar-refractivity contribution in [3.05, 3.63) is 53.4 Å². The van der Waals surface area contributed by atoms with E-state index in [4.69, 9.17) is 17.3 Å². The lowest BCUT2D eigenvalue weighted by Gasteiger charge is -2.46. The van der Waals surface area contributed by atoms with Gasteiger partial charge in [0, 0.05) is 31.9 Å². The van der Waals surface area contributed by atoms with Crippen molar-refractivity contribution in [2.75, 3.05) is 19.6 Å². The molecule has 1 saturated heterocycles. The number of carbonyl (C=O) groups is 1. The maximum atomic E-state index is 11.7. The van der Waals surface area contributed by atoms with Gasteiger partial charge in [0.25, 0.3) is 5.91 Å². The van der Waals surface area contributed by atoms with Gasteiger partial charge in [0.15, 0.2) is 0 Å². The number of pyridine rings is 1. The number of likely N-dealkylation sites (tertiary alicyclic amines) is 1. The molecule has 5 nitrogen and oxygen atoms in total. The zero-order chi connectivity index (χ0) is 22.6. The lowest BCUT2D eigenvalue weighted by atomic mass is 9.69. The number of aromatic nitrogens is 1. The molecule has 1 fully saturated rings. The third kappa shape index (κ3) is 6.18. The summed E-state index contributed by atoms with van der Waals surface area (Å²) in [5.74, 6) is 0.566. The fraction of sp³-hybridized carbons (Fsp3) is 0.600. The van der Waals surface area contributed by atoms with Gasteiger partial charge in [0.1, 0.15) is 5.69 Å². The van der Waals surface area contributed by atoms with Crippen LogP contribution in [-0.4, -0.2) is 46.8 Å². The summed E-state index contributed by atoms with van der Waals surface area (Å²) in [5.41, 5.74) is 8.36. The molecule has 31 heavy (non-hydrogen) atoms. The third-order valence-corrected chi connectivity index (χ3v) is 7.05. The topological polar surface area (TPSA) is 71.2 Å². The summed E-state index contributed by atoms with van der Waals surface area (Å²) in [6.45, 7) is 13.0. The Hall–Kier alpha value is -1.69. The van der Waals surface area contributed by atoms with Crippen LogP contribution in [-0.2, 0) is 6.54 Å². The predicted octanol–water partition coefficient (Wildman–Crippen LogP) is 4.14. The van der Waals surface area contributed by atoms with E-state index in [9.17, 15) is 4.79 Å². The third-order valence-electron chi connectivity index (χ3n) is 6.73. The number of primary amides is 1. The Morgan fingerprint density at radius 1 is 1.42 bits per heavy atom. The van der Waals surface area contributed by atoms with Gasteiger partial charge in [-0.15, -0.1) is 11.6 Å². The number of carbonyl (C=O) groups excluding carboxylic acids is 1. The molecular weight excluding hydrogens is 408 g/mol. The second-order valence-electron chi connectivity index (χ2n) is 9.99. The minimum Gasteiger partial charge on any atom is -0.364 e. The Morgan fingerprint density at radius 3 is 2.81 bits per heavy atom. The second kappa shape index (κ2) is 10.3.